The Morgan fingerprint density at radius 1 is 1.40 bits per heavy atom. The number of carbonyl (C=O) groups is 1. The average Bonchev–Trinajstić information content (AvgIpc) is 2.36. The average molecular weight is 292 g/mol. The van der Waals surface area contributed by atoms with Gasteiger partial charge >= 0.3 is 6.18 Å². The fourth-order valence-corrected chi connectivity index (χ4v) is 1.35. The molecule has 1 aromatic carbocycles. The number of methoxy groups -OCH3 is 1. The Labute approximate surface area is 113 Å². The number of nitrogen functional groups attached to an aromatic ring is 1. The lowest BCUT2D eigenvalue weighted by molar-refractivity contribution is -0.174. The molecule has 112 valence electrons. The maximum absolute atomic E-state index is 11.8. The third-order valence-electron chi connectivity index (χ3n) is 2.27. The molecule has 20 heavy (non-hydrogen) atoms. The molecular weight excluding hydrogens is 277 g/mol. The van der Waals surface area contributed by atoms with Crippen LogP contribution in [0.3, 0.4) is 0 Å². The van der Waals surface area contributed by atoms with Crippen LogP contribution in [-0.2, 0) is 9.53 Å². The summed E-state index contributed by atoms with van der Waals surface area (Å²) < 4.78 is 44.7. The van der Waals surface area contributed by atoms with E-state index in [4.69, 9.17) is 10.5 Å². The highest BCUT2D eigenvalue weighted by molar-refractivity contribution is 5.94. The standard InChI is InChI=1S/C12H15F3N2O3/c1-19-8-2-3-10(9(16)6-8)17-11(18)4-5-20-7-12(13,14)15/h2-3,6H,4-5,7,16H2,1H3,(H,17,18). The van der Waals surface area contributed by atoms with Gasteiger partial charge in [-0.2, -0.15) is 13.2 Å². The number of anilines is 2. The molecule has 1 aromatic rings. The molecule has 0 saturated carbocycles. The second kappa shape index (κ2) is 6.99. The third kappa shape index (κ3) is 5.79. The van der Waals surface area contributed by atoms with Crippen LogP contribution in [0.1, 0.15) is 6.42 Å². The molecule has 0 aliphatic rings. The molecule has 0 spiro atoms. The van der Waals surface area contributed by atoms with E-state index >= 15 is 0 Å². The normalized spacial score (nSPS) is 11.2. The number of ether oxygens (including phenoxy) is 2. The number of rotatable bonds is 6. The molecule has 3 N–H and O–H groups in total. The number of amides is 1. The Morgan fingerprint density at radius 2 is 2.10 bits per heavy atom. The molecule has 0 bridgehead atoms. The van der Waals surface area contributed by atoms with Crippen molar-refractivity contribution in [1.82, 2.24) is 0 Å². The molecule has 0 radical (unpaired) electrons. The zero-order valence-electron chi connectivity index (χ0n) is 10.8. The number of alkyl halides is 3. The number of nitrogens with two attached hydrogens (primary N) is 1. The summed E-state index contributed by atoms with van der Waals surface area (Å²) >= 11 is 0. The Morgan fingerprint density at radius 3 is 2.65 bits per heavy atom. The predicted molar refractivity (Wildman–Crippen MR) is 67.5 cm³/mol. The van der Waals surface area contributed by atoms with Gasteiger partial charge < -0.3 is 20.5 Å². The number of benzene rings is 1. The molecule has 5 nitrogen and oxygen atoms in total. The SMILES string of the molecule is COc1ccc(NC(=O)CCOCC(F)(F)F)c(N)c1. The number of hydrogen-bond donors (Lipinski definition) is 2. The van der Waals surface area contributed by atoms with Gasteiger partial charge in [0.1, 0.15) is 12.4 Å². The minimum atomic E-state index is -4.39. The van der Waals surface area contributed by atoms with E-state index < -0.39 is 18.7 Å². The van der Waals surface area contributed by atoms with Gasteiger partial charge in [0.05, 0.1) is 31.5 Å². The van der Waals surface area contributed by atoms with E-state index in [9.17, 15) is 18.0 Å². The molecule has 0 aliphatic heterocycles. The Kier molecular flexibility index (Phi) is 5.63. The first kappa shape index (κ1) is 16.1. The molecular formula is C12H15F3N2O3. The lowest BCUT2D eigenvalue weighted by Crippen LogP contribution is -2.20. The minimum absolute atomic E-state index is 0.193. The lowest BCUT2D eigenvalue weighted by Gasteiger charge is -2.10. The van der Waals surface area contributed by atoms with Gasteiger partial charge in [-0.3, -0.25) is 4.79 Å². The largest absolute Gasteiger partial charge is 0.497 e. The van der Waals surface area contributed by atoms with Gasteiger partial charge in [-0.15, -0.1) is 0 Å². The minimum Gasteiger partial charge on any atom is -0.497 e. The highest BCUT2D eigenvalue weighted by Gasteiger charge is 2.27. The summed E-state index contributed by atoms with van der Waals surface area (Å²) in [5.41, 5.74) is 6.35. The zero-order valence-corrected chi connectivity index (χ0v) is 10.8. The summed E-state index contributed by atoms with van der Waals surface area (Å²) in [6.45, 7) is -1.69. The van der Waals surface area contributed by atoms with E-state index in [1.807, 2.05) is 0 Å². The number of nitrogens with one attached hydrogen (secondary N) is 1. The van der Waals surface area contributed by atoms with Gasteiger partial charge in [-0.05, 0) is 12.1 Å². The molecule has 8 heteroatoms. The topological polar surface area (TPSA) is 73.6 Å². The first-order chi connectivity index (χ1) is 9.31. The summed E-state index contributed by atoms with van der Waals surface area (Å²) in [5.74, 6) is 0.0538. The molecule has 0 aromatic heterocycles. The highest BCUT2D eigenvalue weighted by Crippen LogP contribution is 2.24. The molecule has 0 fully saturated rings. The molecule has 1 rings (SSSR count). The van der Waals surface area contributed by atoms with Gasteiger partial charge in [0.25, 0.3) is 0 Å². The van der Waals surface area contributed by atoms with Crippen molar-refractivity contribution in [3.8, 4) is 5.75 Å². The summed E-state index contributed by atoms with van der Waals surface area (Å²) in [7, 11) is 1.48. The van der Waals surface area contributed by atoms with Crippen LogP contribution in [0.5, 0.6) is 5.75 Å². The van der Waals surface area contributed by atoms with Crippen molar-refractivity contribution in [2.75, 3.05) is 31.4 Å². The summed E-state index contributed by atoms with van der Waals surface area (Å²) in [5, 5.41) is 2.48. The first-order valence-corrected chi connectivity index (χ1v) is 5.69. The van der Waals surface area contributed by atoms with Crippen LogP contribution in [0, 0.1) is 0 Å². The Hall–Kier alpha value is -1.96. The van der Waals surface area contributed by atoms with E-state index in [0.717, 1.165) is 0 Å². The smallest absolute Gasteiger partial charge is 0.411 e. The Balaban J connectivity index is 2.39. The second-order valence-corrected chi connectivity index (χ2v) is 3.92. The molecule has 1 amide bonds. The van der Waals surface area contributed by atoms with E-state index in [1.165, 1.54) is 13.2 Å². The van der Waals surface area contributed by atoms with Crippen LogP contribution >= 0.6 is 0 Å². The van der Waals surface area contributed by atoms with Crippen LogP contribution in [0.25, 0.3) is 0 Å². The van der Waals surface area contributed by atoms with Crippen LogP contribution in [0.2, 0.25) is 0 Å². The molecule has 0 unspecified atom stereocenters. The number of halogens is 3. The molecule has 0 aliphatic carbocycles. The van der Waals surface area contributed by atoms with Crippen molar-refractivity contribution >= 4 is 17.3 Å². The first-order valence-electron chi connectivity index (χ1n) is 5.69. The summed E-state index contributed by atoms with van der Waals surface area (Å²) in [6, 6.07) is 4.67. The van der Waals surface area contributed by atoms with Crippen LogP contribution in [-0.4, -0.2) is 32.4 Å². The third-order valence-corrected chi connectivity index (χ3v) is 2.27. The van der Waals surface area contributed by atoms with Gasteiger partial charge in [0, 0.05) is 6.07 Å². The van der Waals surface area contributed by atoms with Crippen molar-refractivity contribution in [3.05, 3.63) is 18.2 Å². The summed E-state index contributed by atoms with van der Waals surface area (Å²) in [4.78, 5) is 11.5. The van der Waals surface area contributed by atoms with Crippen molar-refractivity contribution < 1.29 is 27.4 Å². The molecule has 0 heterocycles. The molecule has 0 atom stereocenters. The van der Waals surface area contributed by atoms with Crippen LogP contribution in [0.15, 0.2) is 18.2 Å². The van der Waals surface area contributed by atoms with Crippen molar-refractivity contribution in [1.29, 1.82) is 0 Å². The monoisotopic (exact) mass is 292 g/mol. The quantitative estimate of drug-likeness (QED) is 0.622. The highest BCUT2D eigenvalue weighted by atomic mass is 19.4. The van der Waals surface area contributed by atoms with Crippen LogP contribution < -0.4 is 15.8 Å². The summed E-state index contributed by atoms with van der Waals surface area (Å²) in [6.07, 6.45) is -4.58. The Bertz CT molecular complexity index is 464. The second-order valence-electron chi connectivity index (χ2n) is 3.92. The zero-order chi connectivity index (χ0) is 15.2. The fourth-order valence-electron chi connectivity index (χ4n) is 1.35. The van der Waals surface area contributed by atoms with E-state index in [1.54, 1.807) is 12.1 Å². The van der Waals surface area contributed by atoms with Gasteiger partial charge in [-0.25, -0.2) is 0 Å². The predicted octanol–water partition coefficient (Wildman–Crippen LogP) is 2.18. The van der Waals surface area contributed by atoms with Crippen molar-refractivity contribution in [2.45, 2.75) is 12.6 Å². The van der Waals surface area contributed by atoms with E-state index in [0.29, 0.717) is 17.1 Å². The van der Waals surface area contributed by atoms with Crippen molar-refractivity contribution in [3.63, 3.8) is 0 Å². The van der Waals surface area contributed by atoms with E-state index in [-0.39, 0.29) is 13.0 Å². The lowest BCUT2D eigenvalue weighted by atomic mass is 10.2. The van der Waals surface area contributed by atoms with Crippen LogP contribution in [0.4, 0.5) is 24.5 Å². The van der Waals surface area contributed by atoms with Gasteiger partial charge in [0.2, 0.25) is 5.91 Å². The van der Waals surface area contributed by atoms with Gasteiger partial charge in [0.15, 0.2) is 0 Å². The maximum Gasteiger partial charge on any atom is 0.411 e. The van der Waals surface area contributed by atoms with Gasteiger partial charge in [-0.1, -0.05) is 0 Å². The maximum atomic E-state index is 11.8. The molecule has 0 saturated heterocycles. The number of hydrogen-bond acceptors (Lipinski definition) is 4. The van der Waals surface area contributed by atoms with E-state index in [2.05, 4.69) is 10.1 Å². The van der Waals surface area contributed by atoms with Crippen molar-refractivity contribution in [2.24, 2.45) is 0 Å². The number of carbonyl (C=O) groups excluding carboxylic acids is 1. The fraction of sp³-hybridized carbons (Fsp3) is 0.417.